The molecule has 1 aromatic heterocycles. The van der Waals surface area contributed by atoms with E-state index in [0.29, 0.717) is 13.2 Å². The van der Waals surface area contributed by atoms with Crippen molar-refractivity contribution >= 4 is 15.9 Å². The van der Waals surface area contributed by atoms with Crippen LogP contribution in [0.4, 0.5) is 0 Å². The highest BCUT2D eigenvalue weighted by Crippen LogP contribution is 2.15. The third-order valence-corrected chi connectivity index (χ3v) is 3.18. The maximum atomic E-state index is 11.6. The minimum absolute atomic E-state index is 0.328. The minimum Gasteiger partial charge on any atom is -0.492 e. The Labute approximate surface area is 118 Å². The van der Waals surface area contributed by atoms with Crippen molar-refractivity contribution in [2.45, 2.75) is 6.54 Å². The van der Waals surface area contributed by atoms with Crippen molar-refractivity contribution in [3.63, 3.8) is 0 Å². The standard InChI is InChI=1S/C13H13BrN2O3/c1-15-6-7-16(13(18)12(15)17)8-9-19-11-4-2-10(14)3-5-11/h2-7H,8-9H2,1H3. The van der Waals surface area contributed by atoms with E-state index in [1.54, 1.807) is 19.4 Å². The average Bonchev–Trinajstić information content (AvgIpc) is 2.41. The first-order valence-corrected chi connectivity index (χ1v) is 6.51. The number of hydrogen-bond donors (Lipinski definition) is 0. The first-order chi connectivity index (χ1) is 9.08. The molecule has 5 nitrogen and oxygen atoms in total. The van der Waals surface area contributed by atoms with Gasteiger partial charge in [-0.3, -0.25) is 9.59 Å². The highest BCUT2D eigenvalue weighted by molar-refractivity contribution is 9.10. The molecule has 0 radical (unpaired) electrons. The Morgan fingerprint density at radius 2 is 1.79 bits per heavy atom. The number of aryl methyl sites for hydroxylation is 1. The Morgan fingerprint density at radius 3 is 2.47 bits per heavy atom. The van der Waals surface area contributed by atoms with Crippen LogP contribution in [-0.2, 0) is 13.6 Å². The second-order valence-electron chi connectivity index (χ2n) is 4.02. The summed E-state index contributed by atoms with van der Waals surface area (Å²) in [5, 5.41) is 0. The van der Waals surface area contributed by atoms with Crippen LogP contribution in [0, 0.1) is 0 Å². The molecular weight excluding hydrogens is 312 g/mol. The van der Waals surface area contributed by atoms with Crippen molar-refractivity contribution in [3.8, 4) is 5.75 Å². The Balaban J connectivity index is 2.00. The monoisotopic (exact) mass is 324 g/mol. The van der Waals surface area contributed by atoms with E-state index >= 15 is 0 Å². The van der Waals surface area contributed by atoms with Gasteiger partial charge < -0.3 is 13.9 Å². The Kier molecular flexibility index (Phi) is 4.21. The molecule has 1 heterocycles. The molecule has 2 aromatic rings. The van der Waals surface area contributed by atoms with Crippen molar-refractivity contribution in [1.82, 2.24) is 9.13 Å². The van der Waals surface area contributed by atoms with Crippen LogP contribution in [0.25, 0.3) is 0 Å². The molecule has 1 aromatic carbocycles. The Bertz CT molecular complexity index is 674. The van der Waals surface area contributed by atoms with Gasteiger partial charge in [0.15, 0.2) is 0 Å². The molecule has 2 rings (SSSR count). The van der Waals surface area contributed by atoms with Crippen LogP contribution in [0.15, 0.2) is 50.7 Å². The number of nitrogens with zero attached hydrogens (tertiary/aromatic N) is 2. The summed E-state index contributed by atoms with van der Waals surface area (Å²) < 4.78 is 9.08. The Hall–Kier alpha value is -1.82. The highest BCUT2D eigenvalue weighted by atomic mass is 79.9. The molecule has 0 N–H and O–H groups in total. The molecule has 0 unspecified atom stereocenters. The summed E-state index contributed by atoms with van der Waals surface area (Å²) in [6.45, 7) is 0.666. The van der Waals surface area contributed by atoms with Crippen molar-refractivity contribution in [2.75, 3.05) is 6.61 Å². The lowest BCUT2D eigenvalue weighted by molar-refractivity contribution is 0.295. The number of halogens is 1. The lowest BCUT2D eigenvalue weighted by Gasteiger charge is -2.08. The molecule has 6 heteroatoms. The van der Waals surface area contributed by atoms with Crippen LogP contribution >= 0.6 is 15.9 Å². The highest BCUT2D eigenvalue weighted by Gasteiger charge is 2.02. The minimum atomic E-state index is -0.538. The van der Waals surface area contributed by atoms with Crippen LogP contribution in [0.5, 0.6) is 5.75 Å². The molecule has 0 aliphatic heterocycles. The van der Waals surface area contributed by atoms with Crippen molar-refractivity contribution in [2.24, 2.45) is 7.05 Å². The van der Waals surface area contributed by atoms with E-state index in [1.807, 2.05) is 24.3 Å². The second-order valence-corrected chi connectivity index (χ2v) is 4.93. The lowest BCUT2D eigenvalue weighted by atomic mass is 10.3. The van der Waals surface area contributed by atoms with E-state index in [-0.39, 0.29) is 0 Å². The third kappa shape index (κ3) is 3.35. The number of aromatic nitrogens is 2. The van der Waals surface area contributed by atoms with Crippen LogP contribution in [0.1, 0.15) is 0 Å². The quantitative estimate of drug-likeness (QED) is 0.798. The molecular formula is C13H13BrN2O3. The topological polar surface area (TPSA) is 53.2 Å². The van der Waals surface area contributed by atoms with Crippen molar-refractivity contribution in [3.05, 3.63) is 61.8 Å². The average molecular weight is 325 g/mol. The molecule has 19 heavy (non-hydrogen) atoms. The number of benzene rings is 1. The molecule has 0 saturated heterocycles. The first-order valence-electron chi connectivity index (χ1n) is 5.72. The fourth-order valence-electron chi connectivity index (χ4n) is 1.56. The van der Waals surface area contributed by atoms with E-state index in [4.69, 9.17) is 4.74 Å². The number of rotatable bonds is 4. The summed E-state index contributed by atoms with van der Waals surface area (Å²) in [5.41, 5.74) is -1.07. The molecule has 0 atom stereocenters. The van der Waals surface area contributed by atoms with Gasteiger partial charge in [0.2, 0.25) is 0 Å². The first kappa shape index (κ1) is 13.6. The maximum Gasteiger partial charge on any atom is 0.316 e. The van der Waals surface area contributed by atoms with E-state index < -0.39 is 11.1 Å². The fourth-order valence-corrected chi connectivity index (χ4v) is 1.82. The van der Waals surface area contributed by atoms with E-state index in [0.717, 1.165) is 10.2 Å². The summed E-state index contributed by atoms with van der Waals surface area (Å²) in [5.74, 6) is 0.722. The molecule has 100 valence electrons. The summed E-state index contributed by atoms with van der Waals surface area (Å²) in [6.07, 6.45) is 3.14. The predicted octanol–water partition coefficient (Wildman–Crippen LogP) is 1.39. The second kappa shape index (κ2) is 5.88. The molecule has 0 saturated carbocycles. The SMILES string of the molecule is Cn1ccn(CCOc2ccc(Br)cc2)c(=O)c1=O. The molecule has 0 aliphatic rings. The van der Waals surface area contributed by atoms with E-state index in [2.05, 4.69) is 15.9 Å². The van der Waals surface area contributed by atoms with Crippen LogP contribution in [0.2, 0.25) is 0 Å². The third-order valence-electron chi connectivity index (χ3n) is 2.65. The largest absolute Gasteiger partial charge is 0.492 e. The molecule has 0 aliphatic carbocycles. The van der Waals surface area contributed by atoms with Gasteiger partial charge in [0.05, 0.1) is 6.54 Å². The molecule has 0 fully saturated rings. The number of hydrogen-bond acceptors (Lipinski definition) is 3. The number of ether oxygens (including phenoxy) is 1. The zero-order valence-corrected chi connectivity index (χ0v) is 12.0. The fraction of sp³-hybridized carbons (Fsp3) is 0.231. The van der Waals surface area contributed by atoms with E-state index in [9.17, 15) is 9.59 Å². The maximum absolute atomic E-state index is 11.6. The molecule has 0 amide bonds. The van der Waals surface area contributed by atoms with Gasteiger partial charge in [0, 0.05) is 23.9 Å². The summed E-state index contributed by atoms with van der Waals surface area (Å²) in [7, 11) is 1.55. The van der Waals surface area contributed by atoms with Gasteiger partial charge in [0.1, 0.15) is 12.4 Å². The zero-order chi connectivity index (χ0) is 13.8. The summed E-state index contributed by atoms with van der Waals surface area (Å²) in [6, 6.07) is 7.41. The normalized spacial score (nSPS) is 10.4. The van der Waals surface area contributed by atoms with Crippen molar-refractivity contribution < 1.29 is 4.74 Å². The van der Waals surface area contributed by atoms with Crippen LogP contribution < -0.4 is 15.9 Å². The predicted molar refractivity (Wildman–Crippen MR) is 75.6 cm³/mol. The smallest absolute Gasteiger partial charge is 0.316 e. The summed E-state index contributed by atoms with van der Waals surface area (Å²) in [4.78, 5) is 23.1. The van der Waals surface area contributed by atoms with E-state index in [1.165, 1.54) is 9.13 Å². The van der Waals surface area contributed by atoms with Gasteiger partial charge in [-0.2, -0.15) is 0 Å². The Morgan fingerprint density at radius 1 is 1.11 bits per heavy atom. The molecule has 0 spiro atoms. The summed E-state index contributed by atoms with van der Waals surface area (Å²) >= 11 is 3.34. The van der Waals surface area contributed by atoms with Crippen molar-refractivity contribution in [1.29, 1.82) is 0 Å². The van der Waals surface area contributed by atoms with Gasteiger partial charge in [-0.25, -0.2) is 0 Å². The van der Waals surface area contributed by atoms with Crippen LogP contribution in [0.3, 0.4) is 0 Å². The molecule has 0 bridgehead atoms. The van der Waals surface area contributed by atoms with Gasteiger partial charge in [0.25, 0.3) is 0 Å². The van der Waals surface area contributed by atoms with Gasteiger partial charge in [-0.1, -0.05) is 15.9 Å². The lowest BCUT2D eigenvalue weighted by Crippen LogP contribution is -2.40. The van der Waals surface area contributed by atoms with Gasteiger partial charge >= 0.3 is 11.1 Å². The van der Waals surface area contributed by atoms with Gasteiger partial charge in [-0.15, -0.1) is 0 Å². The van der Waals surface area contributed by atoms with Gasteiger partial charge in [-0.05, 0) is 24.3 Å². The zero-order valence-electron chi connectivity index (χ0n) is 10.4. The van der Waals surface area contributed by atoms with Crippen LogP contribution in [-0.4, -0.2) is 15.7 Å².